The number of aromatic nitrogens is 1. The fourth-order valence-corrected chi connectivity index (χ4v) is 3.60. The van der Waals surface area contributed by atoms with Gasteiger partial charge in [-0.25, -0.2) is 8.78 Å². The highest BCUT2D eigenvalue weighted by molar-refractivity contribution is 6.30. The average Bonchev–Trinajstić information content (AvgIpc) is 2.71. The van der Waals surface area contributed by atoms with Crippen molar-refractivity contribution in [1.82, 2.24) is 4.98 Å². The normalized spacial score (nSPS) is 24.3. The number of benzene rings is 1. The van der Waals surface area contributed by atoms with Gasteiger partial charge in [0.2, 0.25) is 0 Å². The summed E-state index contributed by atoms with van der Waals surface area (Å²) in [5, 5.41) is 0.460. The lowest BCUT2D eigenvalue weighted by atomic mass is 9.78. The molecule has 26 heavy (non-hydrogen) atoms. The maximum Gasteiger partial charge on any atom is 0.299 e. The Labute approximate surface area is 153 Å². The molecule has 0 fully saturated rings. The highest BCUT2D eigenvalue weighted by atomic mass is 35.5. The van der Waals surface area contributed by atoms with Gasteiger partial charge >= 0.3 is 0 Å². The number of ether oxygens (including phenoxy) is 2. The largest absolute Gasteiger partial charge is 0.493 e. The molecule has 2 aliphatic heterocycles. The first kappa shape index (κ1) is 17.2. The van der Waals surface area contributed by atoms with Crippen LogP contribution >= 0.6 is 11.6 Å². The summed E-state index contributed by atoms with van der Waals surface area (Å²) in [5.74, 6) is -2.81. The molecule has 2 aliphatic rings. The number of alkyl halides is 2. The van der Waals surface area contributed by atoms with Crippen LogP contribution in [0.25, 0.3) is 11.1 Å². The zero-order chi connectivity index (χ0) is 18.4. The van der Waals surface area contributed by atoms with Crippen LogP contribution in [0.15, 0.2) is 41.7 Å². The molecule has 136 valence electrons. The number of amidine groups is 1. The third-order valence-electron chi connectivity index (χ3n) is 4.66. The SMILES string of the molecule is NC1=NC2(CCOc3ccc(-c4cncc(Cl)c4)cc32)C(F)(F)COC1. The highest BCUT2D eigenvalue weighted by Crippen LogP contribution is 2.51. The van der Waals surface area contributed by atoms with Crippen LogP contribution in [-0.4, -0.2) is 36.6 Å². The smallest absolute Gasteiger partial charge is 0.299 e. The molecule has 1 atom stereocenters. The number of rotatable bonds is 1. The van der Waals surface area contributed by atoms with Gasteiger partial charge in [-0.3, -0.25) is 9.98 Å². The first-order valence-corrected chi connectivity index (χ1v) is 8.47. The summed E-state index contributed by atoms with van der Waals surface area (Å²) in [6.07, 6.45) is 3.14. The van der Waals surface area contributed by atoms with Crippen molar-refractivity contribution in [3.8, 4) is 16.9 Å². The zero-order valence-electron chi connectivity index (χ0n) is 13.7. The van der Waals surface area contributed by atoms with Crippen LogP contribution in [0.5, 0.6) is 5.75 Å². The minimum absolute atomic E-state index is 0.00824. The van der Waals surface area contributed by atoms with Gasteiger partial charge in [-0.15, -0.1) is 0 Å². The summed E-state index contributed by atoms with van der Waals surface area (Å²) in [5.41, 5.74) is 5.69. The van der Waals surface area contributed by atoms with E-state index in [0.717, 1.165) is 0 Å². The number of nitrogens with two attached hydrogens (primary N) is 1. The molecule has 1 aromatic carbocycles. The number of hydrogen-bond acceptors (Lipinski definition) is 5. The maximum absolute atomic E-state index is 15.1. The quantitative estimate of drug-likeness (QED) is 0.824. The second-order valence-corrected chi connectivity index (χ2v) is 6.80. The first-order chi connectivity index (χ1) is 12.4. The topological polar surface area (TPSA) is 69.7 Å². The van der Waals surface area contributed by atoms with Crippen molar-refractivity contribution in [1.29, 1.82) is 0 Å². The van der Waals surface area contributed by atoms with Gasteiger partial charge in [-0.2, -0.15) is 0 Å². The molecule has 1 aromatic heterocycles. The number of pyridine rings is 1. The van der Waals surface area contributed by atoms with Gasteiger partial charge in [0.1, 0.15) is 24.8 Å². The van der Waals surface area contributed by atoms with Crippen LogP contribution in [0, 0.1) is 0 Å². The van der Waals surface area contributed by atoms with Crippen LogP contribution in [0.1, 0.15) is 12.0 Å². The maximum atomic E-state index is 15.1. The van der Waals surface area contributed by atoms with Crippen molar-refractivity contribution < 1.29 is 18.3 Å². The van der Waals surface area contributed by atoms with Crippen molar-refractivity contribution in [2.24, 2.45) is 10.7 Å². The lowest BCUT2D eigenvalue weighted by molar-refractivity contribution is -0.129. The molecule has 3 heterocycles. The Morgan fingerprint density at radius 2 is 2.00 bits per heavy atom. The molecule has 8 heteroatoms. The Balaban J connectivity index is 1.92. The van der Waals surface area contributed by atoms with E-state index in [1.807, 2.05) is 0 Å². The number of fused-ring (bicyclic) bond motifs is 2. The van der Waals surface area contributed by atoms with Crippen molar-refractivity contribution in [3.63, 3.8) is 0 Å². The fraction of sp³-hybridized carbons (Fsp3) is 0.333. The van der Waals surface area contributed by atoms with Gasteiger partial charge in [0.05, 0.1) is 11.6 Å². The second-order valence-electron chi connectivity index (χ2n) is 6.36. The molecule has 0 radical (unpaired) electrons. The first-order valence-electron chi connectivity index (χ1n) is 8.09. The Kier molecular flexibility index (Phi) is 4.08. The van der Waals surface area contributed by atoms with E-state index in [1.165, 1.54) is 6.20 Å². The van der Waals surface area contributed by atoms with Crippen molar-refractivity contribution in [3.05, 3.63) is 47.2 Å². The average molecular weight is 380 g/mol. The van der Waals surface area contributed by atoms with E-state index < -0.39 is 18.1 Å². The lowest BCUT2D eigenvalue weighted by Crippen LogP contribution is -2.49. The van der Waals surface area contributed by atoms with Crippen molar-refractivity contribution >= 4 is 17.4 Å². The van der Waals surface area contributed by atoms with Gasteiger partial charge in [0, 0.05) is 29.9 Å². The van der Waals surface area contributed by atoms with Crippen LogP contribution in [0.3, 0.4) is 0 Å². The number of hydrogen-bond donors (Lipinski definition) is 1. The van der Waals surface area contributed by atoms with Gasteiger partial charge in [0.25, 0.3) is 5.92 Å². The Hall–Kier alpha value is -2.25. The molecule has 2 aromatic rings. The van der Waals surface area contributed by atoms with E-state index in [1.54, 1.807) is 30.5 Å². The molecule has 2 N–H and O–H groups in total. The minimum Gasteiger partial charge on any atom is -0.493 e. The summed E-state index contributed by atoms with van der Waals surface area (Å²) in [4.78, 5) is 8.26. The minimum atomic E-state index is -3.22. The van der Waals surface area contributed by atoms with Crippen LogP contribution in [0.2, 0.25) is 5.02 Å². The third-order valence-corrected chi connectivity index (χ3v) is 4.86. The molecule has 0 saturated carbocycles. The van der Waals surface area contributed by atoms with Crippen molar-refractivity contribution in [2.75, 3.05) is 19.8 Å². The molecule has 1 spiro atoms. The Morgan fingerprint density at radius 1 is 1.15 bits per heavy atom. The van der Waals surface area contributed by atoms with Crippen LogP contribution < -0.4 is 10.5 Å². The molecule has 1 unspecified atom stereocenters. The van der Waals surface area contributed by atoms with E-state index in [-0.39, 0.29) is 25.5 Å². The third kappa shape index (κ3) is 2.71. The standard InChI is InChI=1S/C18H16ClF2N3O2/c19-13-5-12(7-23-8-13)11-1-2-15-14(6-11)17(3-4-26-15)18(20,21)10-25-9-16(22)24-17/h1-2,5-8H,3-4,9-10H2,(H2,22,24). The Morgan fingerprint density at radius 3 is 2.81 bits per heavy atom. The van der Waals surface area contributed by atoms with Crippen molar-refractivity contribution in [2.45, 2.75) is 17.9 Å². The predicted octanol–water partition coefficient (Wildman–Crippen LogP) is 3.40. The van der Waals surface area contributed by atoms with E-state index in [0.29, 0.717) is 27.5 Å². The zero-order valence-corrected chi connectivity index (χ0v) is 14.5. The van der Waals surface area contributed by atoms with Gasteiger partial charge in [-0.1, -0.05) is 17.7 Å². The van der Waals surface area contributed by atoms with Gasteiger partial charge < -0.3 is 15.2 Å². The van der Waals surface area contributed by atoms with Gasteiger partial charge in [0.15, 0.2) is 5.54 Å². The number of nitrogens with zero attached hydrogens (tertiary/aromatic N) is 2. The molecule has 0 bridgehead atoms. The summed E-state index contributed by atoms with van der Waals surface area (Å²) in [6.45, 7) is -0.748. The van der Waals surface area contributed by atoms with Crippen LogP contribution in [0.4, 0.5) is 8.78 Å². The summed E-state index contributed by atoms with van der Waals surface area (Å²) < 4.78 is 40.8. The molecule has 0 saturated heterocycles. The van der Waals surface area contributed by atoms with Gasteiger partial charge in [-0.05, 0) is 23.8 Å². The number of aliphatic imine (C=N–C) groups is 1. The molecule has 0 amide bonds. The molecule has 5 nitrogen and oxygen atoms in total. The second kappa shape index (κ2) is 6.17. The summed E-state index contributed by atoms with van der Waals surface area (Å²) in [7, 11) is 0. The van der Waals surface area contributed by atoms with E-state index in [9.17, 15) is 0 Å². The number of halogens is 3. The summed E-state index contributed by atoms with van der Waals surface area (Å²) >= 11 is 6.00. The summed E-state index contributed by atoms with van der Waals surface area (Å²) in [6, 6.07) is 6.82. The predicted molar refractivity (Wildman–Crippen MR) is 93.9 cm³/mol. The molecule has 4 rings (SSSR count). The fourth-order valence-electron chi connectivity index (χ4n) is 3.43. The van der Waals surface area contributed by atoms with E-state index in [2.05, 4.69) is 9.98 Å². The Bertz CT molecular complexity index is 890. The monoisotopic (exact) mass is 379 g/mol. The molecule has 0 aliphatic carbocycles. The molecular formula is C18H16ClF2N3O2. The van der Waals surface area contributed by atoms with E-state index in [4.69, 9.17) is 26.8 Å². The van der Waals surface area contributed by atoms with E-state index >= 15 is 8.78 Å². The highest BCUT2D eigenvalue weighted by Gasteiger charge is 2.58. The molecular weight excluding hydrogens is 364 g/mol. The van der Waals surface area contributed by atoms with Crippen LogP contribution in [-0.2, 0) is 10.3 Å². The lowest BCUT2D eigenvalue weighted by Gasteiger charge is -2.40.